The number of hydrogen-bond donors (Lipinski definition) is 1. The van der Waals surface area contributed by atoms with Crippen LogP contribution in [0.15, 0.2) is 45.0 Å². The lowest BCUT2D eigenvalue weighted by atomic mass is 10.4. The number of ether oxygens (including phenoxy) is 1. The largest absolute Gasteiger partial charge is 0.488 e. The lowest BCUT2D eigenvalue weighted by Crippen LogP contribution is -2.06. The summed E-state index contributed by atoms with van der Waals surface area (Å²) in [6.07, 6.45) is 1.69. The zero-order valence-corrected chi connectivity index (χ0v) is 11.3. The van der Waals surface area contributed by atoms with Gasteiger partial charge in [0.1, 0.15) is 5.03 Å². The van der Waals surface area contributed by atoms with Gasteiger partial charge in [-0.2, -0.15) is 0 Å². The van der Waals surface area contributed by atoms with Gasteiger partial charge in [-0.15, -0.1) is 0 Å². The van der Waals surface area contributed by atoms with E-state index in [0.29, 0.717) is 15.9 Å². The third kappa shape index (κ3) is 3.51. The van der Waals surface area contributed by atoms with Crippen LogP contribution in [0.5, 0.6) is 5.75 Å². The molecule has 19 heavy (non-hydrogen) atoms. The molecule has 0 aliphatic carbocycles. The minimum absolute atomic E-state index is 0.0368. The second-order valence-electron chi connectivity index (χ2n) is 4.00. The van der Waals surface area contributed by atoms with Gasteiger partial charge < -0.3 is 14.3 Å². The van der Waals surface area contributed by atoms with Crippen molar-refractivity contribution in [2.45, 2.75) is 30.1 Å². The highest BCUT2D eigenvalue weighted by molar-refractivity contribution is 7.99. The number of hydrogen-bond acceptors (Lipinski definition) is 5. The number of carboxylic acids is 1. The number of nitrogens with zero attached hydrogens (tertiary/aromatic N) is 1. The van der Waals surface area contributed by atoms with Gasteiger partial charge >= 0.3 is 5.97 Å². The van der Waals surface area contributed by atoms with Gasteiger partial charge in [0.15, 0.2) is 10.8 Å². The number of carboxylic acid groups (broad SMARTS) is 1. The van der Waals surface area contributed by atoms with Crippen molar-refractivity contribution in [2.75, 3.05) is 0 Å². The summed E-state index contributed by atoms with van der Waals surface area (Å²) in [6.45, 7) is 3.85. The molecule has 5 nitrogen and oxygen atoms in total. The van der Waals surface area contributed by atoms with E-state index in [-0.39, 0.29) is 11.9 Å². The molecule has 0 saturated carbocycles. The molecule has 0 aliphatic heterocycles. The minimum Gasteiger partial charge on any atom is -0.488 e. The Labute approximate surface area is 114 Å². The van der Waals surface area contributed by atoms with Gasteiger partial charge in [-0.25, -0.2) is 9.78 Å². The van der Waals surface area contributed by atoms with E-state index in [9.17, 15) is 4.79 Å². The SMILES string of the molecule is CC(C)Oc1cccnc1Sc1ccc(C(=O)O)o1. The molecule has 2 rings (SSSR count). The fourth-order valence-corrected chi connectivity index (χ4v) is 2.17. The van der Waals surface area contributed by atoms with Crippen LogP contribution in [-0.4, -0.2) is 22.2 Å². The van der Waals surface area contributed by atoms with Crippen LogP contribution in [0, 0.1) is 0 Å². The maximum Gasteiger partial charge on any atom is 0.371 e. The summed E-state index contributed by atoms with van der Waals surface area (Å²) in [6, 6.07) is 6.61. The van der Waals surface area contributed by atoms with Crippen molar-refractivity contribution >= 4 is 17.7 Å². The highest BCUT2D eigenvalue weighted by Gasteiger charge is 2.13. The van der Waals surface area contributed by atoms with Gasteiger partial charge in [0.25, 0.3) is 0 Å². The van der Waals surface area contributed by atoms with Crippen LogP contribution in [0.3, 0.4) is 0 Å². The molecule has 0 fully saturated rings. The average Bonchev–Trinajstić information content (AvgIpc) is 2.80. The lowest BCUT2D eigenvalue weighted by molar-refractivity contribution is 0.0656. The summed E-state index contributed by atoms with van der Waals surface area (Å²) >= 11 is 1.23. The first-order chi connectivity index (χ1) is 9.06. The molecule has 0 amide bonds. The van der Waals surface area contributed by atoms with E-state index in [0.717, 1.165) is 0 Å². The van der Waals surface area contributed by atoms with E-state index < -0.39 is 5.97 Å². The number of aromatic nitrogens is 1. The van der Waals surface area contributed by atoms with Crippen LogP contribution < -0.4 is 4.74 Å². The van der Waals surface area contributed by atoms with Gasteiger partial charge in [-0.3, -0.25) is 0 Å². The van der Waals surface area contributed by atoms with E-state index in [2.05, 4.69) is 4.98 Å². The van der Waals surface area contributed by atoms with Gasteiger partial charge in [-0.05, 0) is 49.9 Å². The molecule has 0 bridgehead atoms. The standard InChI is InChI=1S/C13H13NO4S/c1-8(2)17-9-4-3-7-14-12(9)19-11-6-5-10(18-11)13(15)16/h3-8H,1-2H3,(H,15,16). The van der Waals surface area contributed by atoms with E-state index >= 15 is 0 Å². The Bertz CT molecular complexity index is 580. The molecule has 0 radical (unpaired) electrons. The molecule has 100 valence electrons. The Morgan fingerprint density at radius 1 is 1.42 bits per heavy atom. The molecular formula is C13H13NO4S. The summed E-state index contributed by atoms with van der Waals surface area (Å²) in [5, 5.41) is 9.90. The topological polar surface area (TPSA) is 72.6 Å². The van der Waals surface area contributed by atoms with Crippen LogP contribution in [0.1, 0.15) is 24.4 Å². The zero-order valence-electron chi connectivity index (χ0n) is 10.5. The monoisotopic (exact) mass is 279 g/mol. The fraction of sp³-hybridized carbons (Fsp3) is 0.231. The van der Waals surface area contributed by atoms with Crippen molar-refractivity contribution in [3.63, 3.8) is 0 Å². The molecule has 2 heterocycles. The fourth-order valence-electron chi connectivity index (χ4n) is 1.38. The van der Waals surface area contributed by atoms with Crippen LogP contribution >= 0.6 is 11.8 Å². The summed E-state index contributed by atoms with van der Waals surface area (Å²) < 4.78 is 10.8. The summed E-state index contributed by atoms with van der Waals surface area (Å²) in [5.74, 6) is -0.535. The van der Waals surface area contributed by atoms with Crippen LogP contribution in [0.4, 0.5) is 0 Å². The second kappa shape index (κ2) is 5.79. The van der Waals surface area contributed by atoms with Gasteiger partial charge in [0, 0.05) is 6.20 Å². The first-order valence-corrected chi connectivity index (χ1v) is 6.50. The van der Waals surface area contributed by atoms with Gasteiger partial charge in [-0.1, -0.05) is 0 Å². The van der Waals surface area contributed by atoms with Crippen molar-refractivity contribution in [2.24, 2.45) is 0 Å². The molecular weight excluding hydrogens is 266 g/mol. The quantitative estimate of drug-likeness (QED) is 0.905. The van der Waals surface area contributed by atoms with Crippen LogP contribution in [-0.2, 0) is 0 Å². The van der Waals surface area contributed by atoms with Gasteiger partial charge in [0.05, 0.1) is 6.10 Å². The number of furan rings is 1. The minimum atomic E-state index is -1.09. The summed E-state index contributed by atoms with van der Waals surface area (Å²) in [5.41, 5.74) is 0. The number of carbonyl (C=O) groups is 1. The summed E-state index contributed by atoms with van der Waals surface area (Å²) in [4.78, 5) is 14.9. The van der Waals surface area contributed by atoms with E-state index in [1.54, 1.807) is 18.3 Å². The highest BCUT2D eigenvalue weighted by atomic mass is 32.2. The molecule has 0 atom stereocenters. The number of pyridine rings is 1. The van der Waals surface area contributed by atoms with E-state index in [4.69, 9.17) is 14.3 Å². The van der Waals surface area contributed by atoms with Crippen LogP contribution in [0.2, 0.25) is 0 Å². The first-order valence-electron chi connectivity index (χ1n) is 5.69. The average molecular weight is 279 g/mol. The second-order valence-corrected chi connectivity index (χ2v) is 4.99. The van der Waals surface area contributed by atoms with E-state index in [1.165, 1.54) is 17.8 Å². The maximum atomic E-state index is 10.7. The Morgan fingerprint density at radius 3 is 2.84 bits per heavy atom. The predicted octanol–water partition coefficient (Wildman–Crippen LogP) is 3.31. The Hall–Kier alpha value is -1.95. The van der Waals surface area contributed by atoms with E-state index in [1.807, 2.05) is 19.9 Å². The smallest absolute Gasteiger partial charge is 0.371 e. The molecule has 1 N–H and O–H groups in total. The molecule has 0 aromatic carbocycles. The third-order valence-electron chi connectivity index (χ3n) is 2.09. The van der Waals surface area contributed by atoms with Crippen molar-refractivity contribution < 1.29 is 19.1 Å². The first kappa shape index (κ1) is 13.5. The Balaban J connectivity index is 2.20. The molecule has 0 unspecified atom stereocenters. The molecule has 0 aliphatic rings. The molecule has 0 saturated heterocycles. The third-order valence-corrected chi connectivity index (χ3v) is 3.01. The highest BCUT2D eigenvalue weighted by Crippen LogP contribution is 2.34. The van der Waals surface area contributed by atoms with Crippen LogP contribution in [0.25, 0.3) is 0 Å². The predicted molar refractivity (Wildman–Crippen MR) is 69.8 cm³/mol. The number of aromatic carboxylic acids is 1. The summed E-state index contributed by atoms with van der Waals surface area (Å²) in [7, 11) is 0. The maximum absolute atomic E-state index is 10.7. The molecule has 2 aromatic rings. The Morgan fingerprint density at radius 2 is 2.21 bits per heavy atom. The molecule has 6 heteroatoms. The van der Waals surface area contributed by atoms with Crippen molar-refractivity contribution in [1.29, 1.82) is 0 Å². The zero-order chi connectivity index (χ0) is 13.8. The normalized spacial score (nSPS) is 10.7. The number of rotatable bonds is 5. The Kier molecular flexibility index (Phi) is 4.11. The molecule has 0 spiro atoms. The lowest BCUT2D eigenvalue weighted by Gasteiger charge is -2.11. The molecule has 2 aromatic heterocycles. The van der Waals surface area contributed by atoms with Crippen molar-refractivity contribution in [3.05, 3.63) is 36.2 Å². The van der Waals surface area contributed by atoms with Crippen molar-refractivity contribution in [3.8, 4) is 5.75 Å². The van der Waals surface area contributed by atoms with Crippen molar-refractivity contribution in [1.82, 2.24) is 4.98 Å². The van der Waals surface area contributed by atoms with Gasteiger partial charge in [0.2, 0.25) is 5.76 Å².